The molecule has 30 heavy (non-hydrogen) atoms. The topological polar surface area (TPSA) is 95.9 Å². The highest BCUT2D eigenvalue weighted by Crippen LogP contribution is 2.37. The van der Waals surface area contributed by atoms with Crippen LogP contribution in [-0.2, 0) is 11.3 Å². The summed E-state index contributed by atoms with van der Waals surface area (Å²) in [4.78, 5) is 25.6. The smallest absolute Gasteiger partial charge is 0.262 e. The summed E-state index contributed by atoms with van der Waals surface area (Å²) in [5.41, 5.74) is 2.06. The summed E-state index contributed by atoms with van der Waals surface area (Å²) in [5, 5.41) is 4.60. The third-order valence-electron chi connectivity index (χ3n) is 5.32. The molecule has 1 aliphatic heterocycles. The van der Waals surface area contributed by atoms with E-state index in [0.29, 0.717) is 35.6 Å². The summed E-state index contributed by atoms with van der Waals surface area (Å²) in [6.45, 7) is 2.40. The number of halogens is 1. The summed E-state index contributed by atoms with van der Waals surface area (Å²) in [6.07, 6.45) is 5.20. The SMILES string of the molecule is Cc1cncc2ncn(Cc3nc([C@@H]4CO[C@@H](c5ccc(F)cc5)C4)no3)c(=O)c12. The monoisotopic (exact) mass is 407 g/mol. The van der Waals surface area contributed by atoms with Crippen molar-refractivity contribution in [2.45, 2.75) is 31.9 Å². The zero-order valence-corrected chi connectivity index (χ0v) is 16.2. The Kier molecular flexibility index (Phi) is 4.59. The molecule has 2 atom stereocenters. The molecule has 9 heteroatoms. The van der Waals surface area contributed by atoms with E-state index in [1.165, 1.54) is 23.0 Å². The maximum absolute atomic E-state index is 13.1. The quantitative estimate of drug-likeness (QED) is 0.513. The predicted molar refractivity (Wildman–Crippen MR) is 104 cm³/mol. The fourth-order valence-electron chi connectivity index (χ4n) is 3.73. The predicted octanol–water partition coefficient (Wildman–Crippen LogP) is 2.92. The molecule has 0 amide bonds. The van der Waals surface area contributed by atoms with Crippen molar-refractivity contribution in [3.8, 4) is 0 Å². The molecule has 0 spiro atoms. The van der Waals surface area contributed by atoms with Crippen molar-refractivity contribution >= 4 is 10.9 Å². The lowest BCUT2D eigenvalue weighted by atomic mass is 10.00. The van der Waals surface area contributed by atoms with E-state index in [2.05, 4.69) is 20.1 Å². The van der Waals surface area contributed by atoms with Crippen LogP contribution in [0.15, 0.2) is 52.3 Å². The Balaban J connectivity index is 1.34. The second kappa shape index (κ2) is 7.42. The van der Waals surface area contributed by atoms with E-state index in [1.54, 1.807) is 24.5 Å². The number of fused-ring (bicyclic) bond motifs is 1. The number of hydrogen-bond donors (Lipinski definition) is 0. The zero-order valence-electron chi connectivity index (χ0n) is 16.2. The number of aromatic nitrogens is 5. The Bertz CT molecular complexity index is 1270. The minimum absolute atomic E-state index is 0.0303. The fourth-order valence-corrected chi connectivity index (χ4v) is 3.73. The lowest BCUT2D eigenvalue weighted by Crippen LogP contribution is -2.22. The first-order valence-corrected chi connectivity index (χ1v) is 9.58. The molecule has 0 radical (unpaired) electrons. The summed E-state index contributed by atoms with van der Waals surface area (Å²) in [6, 6.07) is 6.29. The van der Waals surface area contributed by atoms with Gasteiger partial charge in [-0.3, -0.25) is 14.3 Å². The van der Waals surface area contributed by atoms with E-state index in [-0.39, 0.29) is 29.9 Å². The number of nitrogens with zero attached hydrogens (tertiary/aromatic N) is 5. The van der Waals surface area contributed by atoms with Crippen molar-refractivity contribution in [1.29, 1.82) is 0 Å². The summed E-state index contributed by atoms with van der Waals surface area (Å²) in [5.74, 6) is 0.556. The molecule has 0 unspecified atom stereocenters. The molecule has 8 nitrogen and oxygen atoms in total. The van der Waals surface area contributed by atoms with Crippen molar-refractivity contribution in [3.05, 3.63) is 82.0 Å². The third-order valence-corrected chi connectivity index (χ3v) is 5.32. The molecule has 0 saturated carbocycles. The Labute approximate surface area is 170 Å². The van der Waals surface area contributed by atoms with Crippen LogP contribution in [-0.4, -0.2) is 31.3 Å². The largest absolute Gasteiger partial charge is 0.373 e. The van der Waals surface area contributed by atoms with Gasteiger partial charge in [-0.15, -0.1) is 0 Å². The van der Waals surface area contributed by atoms with Crippen LogP contribution in [0.3, 0.4) is 0 Å². The van der Waals surface area contributed by atoms with Gasteiger partial charge in [-0.25, -0.2) is 9.37 Å². The number of rotatable bonds is 4. The summed E-state index contributed by atoms with van der Waals surface area (Å²) in [7, 11) is 0. The maximum Gasteiger partial charge on any atom is 0.262 e. The number of ether oxygens (including phenoxy) is 1. The maximum atomic E-state index is 13.1. The summed E-state index contributed by atoms with van der Waals surface area (Å²) >= 11 is 0. The molecule has 5 rings (SSSR count). The van der Waals surface area contributed by atoms with Gasteiger partial charge in [-0.05, 0) is 36.6 Å². The molecule has 0 aliphatic carbocycles. The number of hydrogen-bond acceptors (Lipinski definition) is 7. The van der Waals surface area contributed by atoms with E-state index in [1.807, 2.05) is 6.92 Å². The molecule has 1 aromatic carbocycles. The van der Waals surface area contributed by atoms with Crippen LogP contribution in [0.5, 0.6) is 0 Å². The third kappa shape index (κ3) is 3.37. The molecular weight excluding hydrogens is 389 g/mol. The normalized spacial score (nSPS) is 18.9. The van der Waals surface area contributed by atoms with E-state index in [9.17, 15) is 9.18 Å². The Morgan fingerprint density at radius 2 is 2.07 bits per heavy atom. The van der Waals surface area contributed by atoms with Crippen molar-refractivity contribution < 1.29 is 13.7 Å². The van der Waals surface area contributed by atoms with Crippen LogP contribution in [0.4, 0.5) is 4.39 Å². The molecule has 1 fully saturated rings. The first-order valence-electron chi connectivity index (χ1n) is 9.58. The van der Waals surface area contributed by atoms with E-state index < -0.39 is 0 Å². The van der Waals surface area contributed by atoms with Crippen LogP contribution >= 0.6 is 0 Å². The molecule has 152 valence electrons. The molecule has 0 N–H and O–H groups in total. The average molecular weight is 407 g/mol. The minimum Gasteiger partial charge on any atom is -0.373 e. The van der Waals surface area contributed by atoms with E-state index >= 15 is 0 Å². The lowest BCUT2D eigenvalue weighted by Gasteiger charge is -2.08. The highest BCUT2D eigenvalue weighted by Gasteiger charge is 2.31. The van der Waals surface area contributed by atoms with Gasteiger partial charge in [0.15, 0.2) is 5.82 Å². The number of benzene rings is 1. The van der Waals surface area contributed by atoms with Crippen LogP contribution in [0.2, 0.25) is 0 Å². The standard InChI is InChI=1S/C21H18FN5O3/c1-12-7-23-8-16-19(12)21(28)27(11-24-16)9-18-25-20(26-30-18)14-6-17(29-10-14)13-2-4-15(22)5-3-13/h2-5,7-8,11,14,17H,6,9-10H2,1H3/t14-,17+/m0/s1. The van der Waals surface area contributed by atoms with E-state index in [4.69, 9.17) is 9.26 Å². The van der Waals surface area contributed by atoms with Crippen molar-refractivity contribution in [2.24, 2.45) is 0 Å². The van der Waals surface area contributed by atoms with Gasteiger partial charge in [0.2, 0.25) is 5.89 Å². The fraction of sp³-hybridized carbons (Fsp3) is 0.286. The highest BCUT2D eigenvalue weighted by atomic mass is 19.1. The van der Waals surface area contributed by atoms with Crippen LogP contribution in [0.25, 0.3) is 10.9 Å². The Morgan fingerprint density at radius 3 is 2.90 bits per heavy atom. The van der Waals surface area contributed by atoms with Crippen molar-refractivity contribution in [1.82, 2.24) is 24.7 Å². The zero-order chi connectivity index (χ0) is 20.7. The van der Waals surface area contributed by atoms with Gasteiger partial charge < -0.3 is 9.26 Å². The molecule has 0 bridgehead atoms. The second-order valence-electron chi connectivity index (χ2n) is 7.38. The molecule has 4 aromatic rings. The van der Waals surface area contributed by atoms with Gasteiger partial charge in [0.25, 0.3) is 5.56 Å². The first-order chi connectivity index (χ1) is 14.6. The molecular formula is C21H18FN5O3. The molecule has 3 aromatic heterocycles. The number of aryl methyl sites for hydroxylation is 1. The second-order valence-corrected chi connectivity index (χ2v) is 7.38. The lowest BCUT2D eigenvalue weighted by molar-refractivity contribution is 0.110. The van der Waals surface area contributed by atoms with Gasteiger partial charge in [0, 0.05) is 12.1 Å². The van der Waals surface area contributed by atoms with Gasteiger partial charge in [-0.2, -0.15) is 4.98 Å². The van der Waals surface area contributed by atoms with Crippen LogP contribution in [0, 0.1) is 12.7 Å². The van der Waals surface area contributed by atoms with Gasteiger partial charge in [-0.1, -0.05) is 17.3 Å². The minimum atomic E-state index is -0.277. The van der Waals surface area contributed by atoms with Crippen LogP contribution in [0.1, 0.15) is 41.3 Å². The molecule has 4 heterocycles. The molecule has 1 saturated heterocycles. The van der Waals surface area contributed by atoms with E-state index in [0.717, 1.165) is 11.1 Å². The Morgan fingerprint density at radius 1 is 1.23 bits per heavy atom. The van der Waals surface area contributed by atoms with Crippen molar-refractivity contribution in [3.63, 3.8) is 0 Å². The van der Waals surface area contributed by atoms with Gasteiger partial charge in [0.1, 0.15) is 12.4 Å². The number of pyridine rings is 1. The highest BCUT2D eigenvalue weighted by molar-refractivity contribution is 5.79. The average Bonchev–Trinajstić information content (AvgIpc) is 3.40. The first kappa shape index (κ1) is 18.6. The van der Waals surface area contributed by atoms with Crippen LogP contribution < -0.4 is 5.56 Å². The summed E-state index contributed by atoms with van der Waals surface area (Å²) < 4.78 is 25.8. The van der Waals surface area contributed by atoms with Crippen molar-refractivity contribution in [2.75, 3.05) is 6.61 Å². The van der Waals surface area contributed by atoms with Gasteiger partial charge >= 0.3 is 0 Å². The Hall–Kier alpha value is -3.46. The molecule has 1 aliphatic rings. The van der Waals surface area contributed by atoms with Gasteiger partial charge in [0.05, 0.1) is 36.1 Å².